The third-order valence-electron chi connectivity index (χ3n) is 2.83. The van der Waals surface area contributed by atoms with E-state index in [2.05, 4.69) is 20.3 Å². The monoisotopic (exact) mass is 383 g/mol. The van der Waals surface area contributed by atoms with Gasteiger partial charge in [-0.25, -0.2) is 13.6 Å². The number of carbonyl (C=O) groups is 2. The molecule has 1 fully saturated rings. The van der Waals surface area contributed by atoms with Crippen molar-refractivity contribution < 1.29 is 27.8 Å². The number of amidine groups is 1. The van der Waals surface area contributed by atoms with Crippen molar-refractivity contribution in [3.05, 3.63) is 40.3 Å². The number of thioether (sulfide) groups is 1. The summed E-state index contributed by atoms with van der Waals surface area (Å²) in [5, 5.41) is 9.91. The number of carbonyl (C=O) groups excluding carboxylic acids is 2. The summed E-state index contributed by atoms with van der Waals surface area (Å²) in [5.41, 5.74) is 0.125. The molecule has 0 unspecified atom stereocenters. The molecule has 1 saturated heterocycles. The highest BCUT2D eigenvalue weighted by molar-refractivity contribution is 8.18. The number of hydrogen-bond acceptors (Lipinski definition) is 7. The van der Waals surface area contributed by atoms with Crippen LogP contribution in [-0.4, -0.2) is 36.5 Å². The number of hydrogen-bond donors (Lipinski definition) is 1. The predicted molar refractivity (Wildman–Crippen MR) is 93.0 cm³/mol. The fourth-order valence-electron chi connectivity index (χ4n) is 1.79. The molecule has 10 heteroatoms. The first-order valence-electron chi connectivity index (χ1n) is 7.35. The number of amides is 1. The first-order chi connectivity index (χ1) is 12.3. The summed E-state index contributed by atoms with van der Waals surface area (Å²) in [5.74, 6) is -3.39. The minimum Gasteiger partial charge on any atom is -0.485 e. The first kappa shape index (κ1) is 19.6. The van der Waals surface area contributed by atoms with E-state index in [0.29, 0.717) is 0 Å². The van der Waals surface area contributed by atoms with Gasteiger partial charge in [0.2, 0.25) is 0 Å². The van der Waals surface area contributed by atoms with Crippen LogP contribution in [0.15, 0.2) is 33.3 Å². The Balaban J connectivity index is 2.11. The van der Waals surface area contributed by atoms with Gasteiger partial charge in [-0.05, 0) is 37.7 Å². The van der Waals surface area contributed by atoms with E-state index >= 15 is 0 Å². The fraction of sp³-hybridized carbons (Fsp3) is 0.250. The van der Waals surface area contributed by atoms with Crippen molar-refractivity contribution in [1.29, 1.82) is 0 Å². The smallest absolute Gasteiger partial charge is 0.331 e. The van der Waals surface area contributed by atoms with E-state index in [4.69, 9.17) is 4.74 Å². The number of ether oxygens (including phenoxy) is 2. The third kappa shape index (κ3) is 5.12. The van der Waals surface area contributed by atoms with E-state index in [1.165, 1.54) is 7.11 Å². The summed E-state index contributed by atoms with van der Waals surface area (Å²) >= 11 is 0.881. The zero-order chi connectivity index (χ0) is 19.3. The van der Waals surface area contributed by atoms with E-state index in [0.717, 1.165) is 36.2 Å². The molecular formula is C16H15F2N3O4S. The second-order valence-corrected chi connectivity index (χ2v) is 6.25. The molecule has 0 aliphatic carbocycles. The van der Waals surface area contributed by atoms with Crippen LogP contribution in [0.5, 0.6) is 5.75 Å². The Morgan fingerprint density at radius 2 is 1.96 bits per heavy atom. The number of nitrogens with zero attached hydrogens (tertiary/aromatic N) is 2. The van der Waals surface area contributed by atoms with Crippen LogP contribution in [0.25, 0.3) is 0 Å². The van der Waals surface area contributed by atoms with Crippen LogP contribution < -0.4 is 10.1 Å². The number of benzene rings is 1. The number of nitrogens with one attached hydrogen (secondary N) is 1. The maximum atomic E-state index is 13.9. The van der Waals surface area contributed by atoms with Crippen LogP contribution in [0.4, 0.5) is 8.78 Å². The number of methoxy groups -OCH3 is 1. The van der Waals surface area contributed by atoms with E-state index < -0.39 is 29.3 Å². The van der Waals surface area contributed by atoms with Crippen molar-refractivity contribution in [2.75, 3.05) is 7.11 Å². The second kappa shape index (κ2) is 8.56. The molecule has 0 aromatic heterocycles. The minimum atomic E-state index is -0.861. The molecule has 1 heterocycles. The maximum absolute atomic E-state index is 13.9. The van der Waals surface area contributed by atoms with Crippen LogP contribution >= 0.6 is 11.8 Å². The van der Waals surface area contributed by atoms with E-state index in [9.17, 15) is 18.4 Å². The normalized spacial score (nSPS) is 17.4. The van der Waals surface area contributed by atoms with Gasteiger partial charge in [0.25, 0.3) is 5.91 Å². The number of halogens is 2. The van der Waals surface area contributed by atoms with Crippen LogP contribution in [0.1, 0.15) is 19.4 Å². The van der Waals surface area contributed by atoms with Crippen molar-refractivity contribution in [1.82, 2.24) is 5.32 Å². The quantitative estimate of drug-likeness (QED) is 0.365. The molecule has 1 N–H and O–H groups in total. The Kier molecular flexibility index (Phi) is 6.45. The summed E-state index contributed by atoms with van der Waals surface area (Å²) in [6, 6.07) is 2.10. The number of rotatable bonds is 5. The Morgan fingerprint density at radius 3 is 2.54 bits per heavy atom. The summed E-state index contributed by atoms with van der Waals surface area (Å²) < 4.78 is 37.3. The van der Waals surface area contributed by atoms with Gasteiger partial charge in [0, 0.05) is 11.6 Å². The molecule has 0 saturated carbocycles. The SMILES string of the molecule is COC(=O)/C=C1/S/C(=N\N=Cc2cc(F)c(OC(C)C)c(F)c2)NC1=O. The van der Waals surface area contributed by atoms with E-state index in [-0.39, 0.29) is 21.7 Å². The van der Waals surface area contributed by atoms with Crippen molar-refractivity contribution in [2.24, 2.45) is 10.2 Å². The summed E-state index contributed by atoms with van der Waals surface area (Å²) in [6.45, 7) is 3.31. The molecule has 0 atom stereocenters. The lowest BCUT2D eigenvalue weighted by Crippen LogP contribution is -2.19. The van der Waals surface area contributed by atoms with Gasteiger partial charge >= 0.3 is 5.97 Å². The zero-order valence-electron chi connectivity index (χ0n) is 14.1. The molecule has 0 radical (unpaired) electrons. The molecule has 2 rings (SSSR count). The van der Waals surface area contributed by atoms with Gasteiger partial charge in [-0.1, -0.05) is 0 Å². The third-order valence-corrected chi connectivity index (χ3v) is 3.73. The van der Waals surface area contributed by atoms with Gasteiger partial charge in [0.1, 0.15) is 0 Å². The van der Waals surface area contributed by atoms with Gasteiger partial charge in [0.05, 0.1) is 24.3 Å². The van der Waals surface area contributed by atoms with E-state index in [1.807, 2.05) is 0 Å². The Labute approximate surface area is 152 Å². The zero-order valence-corrected chi connectivity index (χ0v) is 14.9. The van der Waals surface area contributed by atoms with Crippen molar-refractivity contribution in [3.8, 4) is 5.75 Å². The molecule has 0 bridgehead atoms. The highest BCUT2D eigenvalue weighted by Crippen LogP contribution is 2.25. The molecule has 0 spiro atoms. The van der Waals surface area contributed by atoms with Gasteiger partial charge in [-0.15, -0.1) is 5.10 Å². The lowest BCUT2D eigenvalue weighted by molar-refractivity contribution is -0.135. The molecule has 1 aromatic carbocycles. The highest BCUT2D eigenvalue weighted by atomic mass is 32.2. The first-order valence-corrected chi connectivity index (χ1v) is 8.17. The minimum absolute atomic E-state index is 0.0954. The molecule has 1 aromatic rings. The van der Waals surface area contributed by atoms with Gasteiger partial charge in [0.15, 0.2) is 22.6 Å². The van der Waals surface area contributed by atoms with Gasteiger partial charge in [-0.3, -0.25) is 10.1 Å². The largest absolute Gasteiger partial charge is 0.485 e. The average molecular weight is 383 g/mol. The molecule has 26 heavy (non-hydrogen) atoms. The standard InChI is InChI=1S/C16H15F2N3O4S/c1-8(2)25-14-10(17)4-9(5-11(14)18)7-19-21-16-20-15(23)12(26-16)6-13(22)24-3/h4-8H,1-3H3,(H,20,21,23)/b12-6+,19-7?. The van der Waals surface area contributed by atoms with Crippen LogP contribution in [0.3, 0.4) is 0 Å². The Hall–Kier alpha value is -2.75. The Bertz CT molecular complexity index is 799. The van der Waals surface area contributed by atoms with Crippen molar-refractivity contribution in [3.63, 3.8) is 0 Å². The summed E-state index contributed by atoms with van der Waals surface area (Å²) in [6.07, 6.45) is 1.76. The van der Waals surface area contributed by atoms with Crippen molar-refractivity contribution in [2.45, 2.75) is 20.0 Å². The summed E-state index contributed by atoms with van der Waals surface area (Å²) in [7, 11) is 1.19. The van der Waals surface area contributed by atoms with Crippen LogP contribution in [0, 0.1) is 11.6 Å². The average Bonchev–Trinajstić information content (AvgIpc) is 2.90. The van der Waals surface area contributed by atoms with E-state index in [1.54, 1.807) is 13.8 Å². The lowest BCUT2D eigenvalue weighted by atomic mass is 10.2. The maximum Gasteiger partial charge on any atom is 0.331 e. The lowest BCUT2D eigenvalue weighted by Gasteiger charge is -2.11. The van der Waals surface area contributed by atoms with Gasteiger partial charge < -0.3 is 9.47 Å². The topological polar surface area (TPSA) is 89.3 Å². The van der Waals surface area contributed by atoms with Crippen LogP contribution in [0.2, 0.25) is 0 Å². The van der Waals surface area contributed by atoms with Crippen molar-refractivity contribution >= 4 is 35.0 Å². The molecule has 1 amide bonds. The predicted octanol–water partition coefficient (Wildman–Crippen LogP) is 2.36. The highest BCUT2D eigenvalue weighted by Gasteiger charge is 2.25. The van der Waals surface area contributed by atoms with Gasteiger partial charge in [-0.2, -0.15) is 5.10 Å². The molecule has 138 valence electrons. The summed E-state index contributed by atoms with van der Waals surface area (Å²) in [4.78, 5) is 22.9. The molecule has 7 nitrogen and oxygen atoms in total. The van der Waals surface area contributed by atoms with Crippen LogP contribution in [-0.2, 0) is 14.3 Å². The molecule has 1 aliphatic heterocycles. The molecular weight excluding hydrogens is 368 g/mol. The molecule has 1 aliphatic rings. The Morgan fingerprint density at radius 1 is 1.31 bits per heavy atom. The second-order valence-electron chi connectivity index (χ2n) is 5.22. The number of esters is 1. The fourth-order valence-corrected chi connectivity index (χ4v) is 2.53.